The summed E-state index contributed by atoms with van der Waals surface area (Å²) in [4.78, 5) is 30.0. The van der Waals surface area contributed by atoms with Crippen LogP contribution in [0.2, 0.25) is 0 Å². The largest absolute Gasteiger partial charge is 0.384 e. The molecule has 4 heterocycles. The molecule has 37 heavy (non-hydrogen) atoms. The van der Waals surface area contributed by atoms with Crippen molar-refractivity contribution in [1.29, 1.82) is 0 Å². The number of benzene rings is 1. The van der Waals surface area contributed by atoms with Gasteiger partial charge in [0.15, 0.2) is 9.84 Å². The minimum atomic E-state index is -2.92. The van der Waals surface area contributed by atoms with Crippen LogP contribution in [-0.4, -0.2) is 82.8 Å². The van der Waals surface area contributed by atoms with E-state index in [1.54, 1.807) is 12.3 Å². The quantitative estimate of drug-likeness (QED) is 0.523. The zero-order valence-corrected chi connectivity index (χ0v) is 21.4. The number of carbonyl (C=O) groups is 1. The molecule has 3 aromatic rings. The first-order chi connectivity index (χ1) is 17.8. The summed E-state index contributed by atoms with van der Waals surface area (Å²) in [5.74, 6) is 7.16. The van der Waals surface area contributed by atoms with Gasteiger partial charge >= 0.3 is 0 Å². The van der Waals surface area contributed by atoms with E-state index in [0.29, 0.717) is 55.2 Å². The number of carbonyl (C=O) groups excluding carboxylic acids is 1. The highest BCUT2D eigenvalue weighted by Crippen LogP contribution is 2.24. The number of sulfone groups is 1. The zero-order valence-electron chi connectivity index (χ0n) is 20.6. The number of nitrogen functional groups attached to an aromatic ring is 1. The number of amides is 1. The van der Waals surface area contributed by atoms with E-state index in [0.717, 1.165) is 16.8 Å². The van der Waals surface area contributed by atoms with E-state index in [1.807, 2.05) is 42.2 Å². The Morgan fingerprint density at radius 1 is 1.00 bits per heavy atom. The van der Waals surface area contributed by atoms with Crippen molar-refractivity contribution in [3.05, 3.63) is 71.3 Å². The van der Waals surface area contributed by atoms with Crippen LogP contribution in [0.4, 0.5) is 5.82 Å². The lowest BCUT2D eigenvalue weighted by molar-refractivity contribution is 0.0588. The summed E-state index contributed by atoms with van der Waals surface area (Å²) in [5, 5.41) is 0. The van der Waals surface area contributed by atoms with Gasteiger partial charge in [0.25, 0.3) is 5.91 Å². The third-order valence-corrected chi connectivity index (χ3v) is 8.64. The summed E-state index contributed by atoms with van der Waals surface area (Å²) in [5.41, 5.74) is 10.00. The Labute approximate surface area is 216 Å². The Hall–Kier alpha value is -3.81. The second-order valence-corrected chi connectivity index (χ2v) is 11.6. The molecule has 2 N–H and O–H groups in total. The number of aryl methyl sites for hydroxylation is 1. The molecule has 9 nitrogen and oxygen atoms in total. The summed E-state index contributed by atoms with van der Waals surface area (Å²) in [7, 11) is -2.92. The second-order valence-electron chi connectivity index (χ2n) is 9.37. The molecule has 1 aromatic carbocycles. The molecular weight excluding hydrogens is 488 g/mol. The van der Waals surface area contributed by atoms with Crippen molar-refractivity contribution >= 4 is 21.6 Å². The smallest absolute Gasteiger partial charge is 0.253 e. The molecule has 5 rings (SSSR count). The third kappa shape index (κ3) is 5.63. The molecule has 10 heteroatoms. The van der Waals surface area contributed by atoms with E-state index in [9.17, 15) is 13.2 Å². The lowest BCUT2D eigenvalue weighted by Gasteiger charge is -2.37. The number of hydrogen-bond acceptors (Lipinski definition) is 8. The minimum Gasteiger partial charge on any atom is -0.384 e. The number of nitrogens with two attached hydrogens (primary N) is 1. The van der Waals surface area contributed by atoms with Crippen molar-refractivity contribution in [3.8, 4) is 23.1 Å². The predicted molar refractivity (Wildman–Crippen MR) is 141 cm³/mol. The van der Waals surface area contributed by atoms with Crippen molar-refractivity contribution in [2.75, 3.05) is 43.4 Å². The Bertz CT molecular complexity index is 1470. The Morgan fingerprint density at radius 3 is 2.41 bits per heavy atom. The first-order valence-electron chi connectivity index (χ1n) is 12.2. The standard InChI is InChI=1S/C27H28N6O3S/c1-19-24(8-2-20-3-9-25(28)29-16-20)26(31-18-30-19)21-4-6-22(7-5-21)27(34)33-13-11-32(12-14-33)23-10-15-37(35,36)17-23/h3-7,9,16,18,23H,10-15,17H2,1H3,(H2,28,29). The maximum Gasteiger partial charge on any atom is 0.253 e. The van der Waals surface area contributed by atoms with Gasteiger partial charge in [0, 0.05) is 55.1 Å². The molecule has 1 unspecified atom stereocenters. The van der Waals surface area contributed by atoms with Gasteiger partial charge in [-0.1, -0.05) is 24.0 Å². The third-order valence-electron chi connectivity index (χ3n) is 6.89. The molecule has 1 amide bonds. The van der Waals surface area contributed by atoms with Gasteiger partial charge in [0.1, 0.15) is 12.1 Å². The molecule has 2 aliphatic heterocycles. The van der Waals surface area contributed by atoms with E-state index >= 15 is 0 Å². The van der Waals surface area contributed by atoms with Crippen LogP contribution in [-0.2, 0) is 9.84 Å². The highest BCUT2D eigenvalue weighted by Gasteiger charge is 2.34. The van der Waals surface area contributed by atoms with Crippen molar-refractivity contribution in [2.24, 2.45) is 0 Å². The molecule has 190 valence electrons. The topological polar surface area (TPSA) is 122 Å². The van der Waals surface area contributed by atoms with Gasteiger partial charge < -0.3 is 10.6 Å². The van der Waals surface area contributed by atoms with Crippen LogP contribution in [0.15, 0.2) is 48.9 Å². The van der Waals surface area contributed by atoms with Crippen LogP contribution in [0.5, 0.6) is 0 Å². The summed E-state index contributed by atoms with van der Waals surface area (Å²) < 4.78 is 23.6. The van der Waals surface area contributed by atoms with E-state index in [1.165, 1.54) is 6.33 Å². The average Bonchev–Trinajstić information content (AvgIpc) is 3.28. The predicted octanol–water partition coefficient (Wildman–Crippen LogP) is 1.77. The van der Waals surface area contributed by atoms with Crippen molar-refractivity contribution in [3.63, 3.8) is 0 Å². The normalized spacial score (nSPS) is 19.3. The maximum atomic E-state index is 13.1. The highest BCUT2D eigenvalue weighted by molar-refractivity contribution is 7.91. The lowest BCUT2D eigenvalue weighted by atomic mass is 10.0. The fourth-order valence-electron chi connectivity index (χ4n) is 4.76. The molecule has 2 fully saturated rings. The van der Waals surface area contributed by atoms with Crippen LogP contribution in [0.25, 0.3) is 11.3 Å². The lowest BCUT2D eigenvalue weighted by Crippen LogP contribution is -2.52. The number of rotatable bonds is 3. The monoisotopic (exact) mass is 516 g/mol. The van der Waals surface area contributed by atoms with Crippen LogP contribution in [0.3, 0.4) is 0 Å². The minimum absolute atomic E-state index is 0.0278. The van der Waals surface area contributed by atoms with Crippen LogP contribution in [0, 0.1) is 18.8 Å². The van der Waals surface area contributed by atoms with Crippen LogP contribution >= 0.6 is 0 Å². The molecule has 0 bridgehead atoms. The number of nitrogens with zero attached hydrogens (tertiary/aromatic N) is 5. The Kier molecular flexibility index (Phi) is 6.91. The van der Waals surface area contributed by atoms with Gasteiger partial charge in [-0.2, -0.15) is 0 Å². The Morgan fingerprint density at radius 2 is 1.76 bits per heavy atom. The maximum absolute atomic E-state index is 13.1. The van der Waals surface area contributed by atoms with E-state index in [4.69, 9.17) is 5.73 Å². The van der Waals surface area contributed by atoms with Crippen LogP contribution in [0.1, 0.15) is 33.6 Å². The van der Waals surface area contributed by atoms with Gasteiger partial charge in [0.05, 0.1) is 28.5 Å². The summed E-state index contributed by atoms with van der Waals surface area (Å²) in [6, 6.07) is 11.0. The molecule has 0 saturated carbocycles. The van der Waals surface area contributed by atoms with E-state index < -0.39 is 9.84 Å². The molecule has 0 radical (unpaired) electrons. The molecular formula is C27H28N6O3S. The van der Waals surface area contributed by atoms with Gasteiger partial charge in [-0.15, -0.1) is 0 Å². The molecule has 2 aromatic heterocycles. The summed E-state index contributed by atoms with van der Waals surface area (Å²) >= 11 is 0. The molecule has 0 spiro atoms. The number of piperazine rings is 1. The number of aromatic nitrogens is 3. The Balaban J connectivity index is 1.28. The molecule has 0 aliphatic carbocycles. The first kappa shape index (κ1) is 24.9. The molecule has 2 aliphatic rings. The number of pyridine rings is 1. The van der Waals surface area contributed by atoms with Crippen molar-refractivity contribution in [2.45, 2.75) is 19.4 Å². The van der Waals surface area contributed by atoms with E-state index in [2.05, 4.69) is 31.7 Å². The average molecular weight is 517 g/mol. The number of anilines is 1. The summed E-state index contributed by atoms with van der Waals surface area (Å²) in [6.45, 7) is 4.43. The fourth-order valence-corrected chi connectivity index (χ4v) is 6.52. The van der Waals surface area contributed by atoms with Crippen molar-refractivity contribution in [1.82, 2.24) is 24.8 Å². The summed E-state index contributed by atoms with van der Waals surface area (Å²) in [6.07, 6.45) is 3.81. The van der Waals surface area contributed by atoms with Gasteiger partial charge in [-0.25, -0.2) is 23.4 Å². The van der Waals surface area contributed by atoms with Crippen molar-refractivity contribution < 1.29 is 13.2 Å². The number of hydrogen-bond donors (Lipinski definition) is 1. The fraction of sp³-hybridized carbons (Fsp3) is 0.333. The van der Waals surface area contributed by atoms with E-state index in [-0.39, 0.29) is 23.5 Å². The second kappa shape index (κ2) is 10.3. The highest BCUT2D eigenvalue weighted by atomic mass is 32.2. The van der Waals surface area contributed by atoms with Gasteiger partial charge in [-0.3, -0.25) is 9.69 Å². The van der Waals surface area contributed by atoms with Gasteiger partial charge in [-0.05, 0) is 37.6 Å². The molecule has 2 saturated heterocycles. The SMILES string of the molecule is Cc1ncnc(-c2ccc(C(=O)N3CCN(C4CCS(=O)(=O)C4)CC3)cc2)c1C#Cc1ccc(N)nc1. The first-order valence-corrected chi connectivity index (χ1v) is 14.0. The van der Waals surface area contributed by atoms with Crippen LogP contribution < -0.4 is 5.73 Å². The molecule has 1 atom stereocenters. The van der Waals surface area contributed by atoms with Gasteiger partial charge in [0.2, 0.25) is 0 Å². The zero-order chi connectivity index (χ0) is 26.0.